The van der Waals surface area contributed by atoms with E-state index in [1.165, 1.54) is 19.5 Å². The molecule has 2 unspecified atom stereocenters. The third kappa shape index (κ3) is 3.19. The lowest BCUT2D eigenvalue weighted by atomic mass is 9.85. The summed E-state index contributed by atoms with van der Waals surface area (Å²) in [5.74, 6) is 0. The van der Waals surface area contributed by atoms with Crippen molar-refractivity contribution >= 4 is 0 Å². The first kappa shape index (κ1) is 13.9. The molecular formula is C13H29N3. The molecule has 1 fully saturated rings. The maximum atomic E-state index is 5.96. The summed E-state index contributed by atoms with van der Waals surface area (Å²) in [4.78, 5) is 5.07. The zero-order chi connectivity index (χ0) is 12.3. The SMILES string of the molecule is CCC1CN(C(CN)C(C)(C)C)CCN1C. The second-order valence-electron chi connectivity index (χ2n) is 6.16. The van der Waals surface area contributed by atoms with Crippen molar-refractivity contribution in [3.63, 3.8) is 0 Å². The highest BCUT2D eigenvalue weighted by atomic mass is 15.3. The molecule has 0 aromatic rings. The van der Waals surface area contributed by atoms with Gasteiger partial charge in [0.15, 0.2) is 0 Å². The molecule has 0 bridgehead atoms. The Morgan fingerprint density at radius 1 is 1.31 bits per heavy atom. The minimum atomic E-state index is 0.281. The molecule has 0 aromatic carbocycles. The molecule has 1 heterocycles. The second kappa shape index (κ2) is 5.48. The molecular weight excluding hydrogens is 198 g/mol. The van der Waals surface area contributed by atoms with E-state index in [2.05, 4.69) is 44.5 Å². The molecule has 0 saturated carbocycles. The summed E-state index contributed by atoms with van der Waals surface area (Å²) < 4.78 is 0. The summed E-state index contributed by atoms with van der Waals surface area (Å²) in [6.07, 6.45) is 1.23. The van der Waals surface area contributed by atoms with Crippen molar-refractivity contribution in [2.45, 2.75) is 46.2 Å². The van der Waals surface area contributed by atoms with Gasteiger partial charge in [-0.3, -0.25) is 4.90 Å². The highest BCUT2D eigenvalue weighted by Crippen LogP contribution is 2.26. The molecule has 1 aliphatic rings. The molecule has 1 rings (SSSR count). The second-order valence-corrected chi connectivity index (χ2v) is 6.16. The van der Waals surface area contributed by atoms with Crippen LogP contribution in [0, 0.1) is 5.41 Å². The van der Waals surface area contributed by atoms with E-state index in [9.17, 15) is 0 Å². The fourth-order valence-corrected chi connectivity index (χ4v) is 2.74. The van der Waals surface area contributed by atoms with Crippen LogP contribution in [-0.2, 0) is 0 Å². The molecule has 0 spiro atoms. The van der Waals surface area contributed by atoms with Crippen molar-refractivity contribution in [2.24, 2.45) is 11.1 Å². The van der Waals surface area contributed by atoms with Crippen LogP contribution in [0.15, 0.2) is 0 Å². The third-order valence-electron chi connectivity index (χ3n) is 3.94. The Morgan fingerprint density at radius 3 is 2.38 bits per heavy atom. The molecule has 96 valence electrons. The third-order valence-corrected chi connectivity index (χ3v) is 3.94. The van der Waals surface area contributed by atoms with E-state index >= 15 is 0 Å². The van der Waals surface area contributed by atoms with Crippen LogP contribution < -0.4 is 5.73 Å². The van der Waals surface area contributed by atoms with Gasteiger partial charge in [0.25, 0.3) is 0 Å². The fourth-order valence-electron chi connectivity index (χ4n) is 2.74. The standard InChI is InChI=1S/C13H29N3/c1-6-11-10-16(8-7-15(11)5)12(9-14)13(2,3)4/h11-12H,6-10,14H2,1-5H3. The first-order valence-corrected chi connectivity index (χ1v) is 6.54. The van der Waals surface area contributed by atoms with Crippen LogP contribution in [0.2, 0.25) is 0 Å². The maximum Gasteiger partial charge on any atom is 0.0268 e. The molecule has 0 aliphatic carbocycles. The van der Waals surface area contributed by atoms with Crippen molar-refractivity contribution in [1.29, 1.82) is 0 Å². The smallest absolute Gasteiger partial charge is 0.0268 e. The molecule has 1 aliphatic heterocycles. The maximum absolute atomic E-state index is 5.96. The zero-order valence-electron chi connectivity index (χ0n) is 11.7. The van der Waals surface area contributed by atoms with Gasteiger partial charge in [-0.1, -0.05) is 27.7 Å². The molecule has 2 atom stereocenters. The van der Waals surface area contributed by atoms with E-state index in [1.807, 2.05) is 0 Å². The largest absolute Gasteiger partial charge is 0.329 e. The molecule has 3 heteroatoms. The van der Waals surface area contributed by atoms with Crippen LogP contribution in [0.1, 0.15) is 34.1 Å². The lowest BCUT2D eigenvalue weighted by Crippen LogP contribution is -2.58. The Labute approximate surface area is 101 Å². The number of hydrogen-bond donors (Lipinski definition) is 1. The Morgan fingerprint density at radius 2 is 1.94 bits per heavy atom. The number of nitrogens with two attached hydrogens (primary N) is 1. The number of piperazine rings is 1. The van der Waals surface area contributed by atoms with Gasteiger partial charge in [0.1, 0.15) is 0 Å². The van der Waals surface area contributed by atoms with Crippen molar-refractivity contribution in [3.8, 4) is 0 Å². The minimum absolute atomic E-state index is 0.281. The predicted molar refractivity (Wildman–Crippen MR) is 70.6 cm³/mol. The van der Waals surface area contributed by atoms with E-state index in [4.69, 9.17) is 5.73 Å². The van der Waals surface area contributed by atoms with Crippen LogP contribution in [0.3, 0.4) is 0 Å². The lowest BCUT2D eigenvalue weighted by Gasteiger charge is -2.46. The van der Waals surface area contributed by atoms with E-state index < -0.39 is 0 Å². The summed E-state index contributed by atoms with van der Waals surface area (Å²) in [5.41, 5.74) is 6.24. The summed E-state index contributed by atoms with van der Waals surface area (Å²) in [5, 5.41) is 0. The van der Waals surface area contributed by atoms with Crippen molar-refractivity contribution in [3.05, 3.63) is 0 Å². The quantitative estimate of drug-likeness (QED) is 0.791. The molecule has 2 N–H and O–H groups in total. The molecule has 0 aromatic heterocycles. The first-order valence-electron chi connectivity index (χ1n) is 6.54. The van der Waals surface area contributed by atoms with Gasteiger partial charge in [0.2, 0.25) is 0 Å². The highest BCUT2D eigenvalue weighted by molar-refractivity contribution is 4.89. The van der Waals surface area contributed by atoms with Gasteiger partial charge in [-0.15, -0.1) is 0 Å². The number of nitrogens with zero attached hydrogens (tertiary/aromatic N) is 2. The van der Waals surface area contributed by atoms with Crippen molar-refractivity contribution in [2.75, 3.05) is 33.2 Å². The summed E-state index contributed by atoms with van der Waals surface area (Å²) in [6, 6.07) is 1.21. The summed E-state index contributed by atoms with van der Waals surface area (Å²) >= 11 is 0. The Kier molecular flexibility index (Phi) is 4.77. The molecule has 16 heavy (non-hydrogen) atoms. The van der Waals surface area contributed by atoms with Crippen molar-refractivity contribution in [1.82, 2.24) is 9.80 Å². The van der Waals surface area contributed by atoms with Gasteiger partial charge in [-0.25, -0.2) is 0 Å². The molecule has 0 amide bonds. The Bertz CT molecular complexity index is 210. The topological polar surface area (TPSA) is 32.5 Å². The van der Waals surface area contributed by atoms with Gasteiger partial charge < -0.3 is 10.6 Å². The zero-order valence-corrected chi connectivity index (χ0v) is 11.7. The van der Waals surface area contributed by atoms with E-state index in [-0.39, 0.29) is 5.41 Å². The summed E-state index contributed by atoms with van der Waals surface area (Å²) in [7, 11) is 2.24. The predicted octanol–water partition coefficient (Wildman–Crippen LogP) is 1.39. The van der Waals surface area contributed by atoms with Gasteiger partial charge in [-0.05, 0) is 18.9 Å². The number of hydrogen-bond acceptors (Lipinski definition) is 3. The fraction of sp³-hybridized carbons (Fsp3) is 1.00. The summed E-state index contributed by atoms with van der Waals surface area (Å²) in [6.45, 7) is 13.4. The Balaban J connectivity index is 2.66. The number of likely N-dealkylation sites (N-methyl/N-ethyl adjacent to an activating group) is 1. The Hall–Kier alpha value is -0.120. The highest BCUT2D eigenvalue weighted by Gasteiger charge is 2.33. The van der Waals surface area contributed by atoms with Gasteiger partial charge in [0, 0.05) is 38.3 Å². The van der Waals surface area contributed by atoms with E-state index in [0.717, 1.165) is 13.1 Å². The van der Waals surface area contributed by atoms with Crippen molar-refractivity contribution < 1.29 is 0 Å². The normalized spacial score (nSPS) is 27.0. The average molecular weight is 227 g/mol. The molecule has 1 saturated heterocycles. The molecule has 3 nitrogen and oxygen atoms in total. The lowest BCUT2D eigenvalue weighted by molar-refractivity contribution is 0.0257. The van der Waals surface area contributed by atoms with Crippen LogP contribution >= 0.6 is 0 Å². The van der Waals surface area contributed by atoms with Gasteiger partial charge in [0.05, 0.1) is 0 Å². The van der Waals surface area contributed by atoms with Gasteiger partial charge >= 0.3 is 0 Å². The van der Waals surface area contributed by atoms with Crippen LogP contribution in [0.25, 0.3) is 0 Å². The van der Waals surface area contributed by atoms with Crippen LogP contribution in [0.5, 0.6) is 0 Å². The van der Waals surface area contributed by atoms with Gasteiger partial charge in [-0.2, -0.15) is 0 Å². The minimum Gasteiger partial charge on any atom is -0.329 e. The van der Waals surface area contributed by atoms with E-state index in [0.29, 0.717) is 12.1 Å². The molecule has 0 radical (unpaired) electrons. The monoisotopic (exact) mass is 227 g/mol. The first-order chi connectivity index (χ1) is 7.40. The van der Waals surface area contributed by atoms with Crippen LogP contribution in [0.4, 0.5) is 0 Å². The van der Waals surface area contributed by atoms with E-state index in [1.54, 1.807) is 0 Å². The average Bonchev–Trinajstić information content (AvgIpc) is 2.19. The van der Waals surface area contributed by atoms with Crippen LogP contribution in [-0.4, -0.2) is 55.1 Å². The number of rotatable bonds is 3.